The third-order valence-corrected chi connectivity index (χ3v) is 6.59. The van der Waals surface area contributed by atoms with Gasteiger partial charge in [-0.25, -0.2) is 4.79 Å². The van der Waals surface area contributed by atoms with Gasteiger partial charge < -0.3 is 23.9 Å². The molecule has 0 radical (unpaired) electrons. The van der Waals surface area contributed by atoms with E-state index >= 15 is 0 Å². The summed E-state index contributed by atoms with van der Waals surface area (Å²) in [4.78, 5) is 27.7. The van der Waals surface area contributed by atoms with Crippen molar-refractivity contribution in [1.29, 1.82) is 0 Å². The van der Waals surface area contributed by atoms with Gasteiger partial charge in [-0.05, 0) is 18.9 Å². The van der Waals surface area contributed by atoms with Crippen LogP contribution >= 0.6 is 0 Å². The minimum atomic E-state index is -0.663. The van der Waals surface area contributed by atoms with E-state index in [-0.39, 0.29) is 30.4 Å². The first kappa shape index (κ1) is 22.8. The lowest BCUT2D eigenvalue weighted by atomic mass is 9.79. The monoisotopic (exact) mass is 444 g/mol. The van der Waals surface area contributed by atoms with Crippen molar-refractivity contribution in [3.63, 3.8) is 0 Å². The predicted octanol–water partition coefficient (Wildman–Crippen LogP) is 2.89. The van der Waals surface area contributed by atoms with Crippen LogP contribution in [0.25, 0.3) is 11.0 Å². The Labute approximate surface area is 188 Å². The molecule has 1 saturated carbocycles. The number of amides is 1. The number of rotatable bonds is 8. The van der Waals surface area contributed by atoms with Crippen molar-refractivity contribution in [3.8, 4) is 0 Å². The van der Waals surface area contributed by atoms with Crippen molar-refractivity contribution in [2.45, 2.75) is 44.2 Å². The van der Waals surface area contributed by atoms with Crippen LogP contribution in [0.15, 0.2) is 28.7 Å². The second-order valence-corrected chi connectivity index (χ2v) is 8.58. The molecule has 1 aliphatic carbocycles. The molecule has 0 bridgehead atoms. The van der Waals surface area contributed by atoms with Crippen LogP contribution in [0, 0.1) is 0 Å². The molecule has 1 saturated heterocycles. The Morgan fingerprint density at radius 1 is 1.12 bits per heavy atom. The maximum Gasteiger partial charge on any atom is 0.375 e. The first-order chi connectivity index (χ1) is 15.6. The summed E-state index contributed by atoms with van der Waals surface area (Å²) < 4.78 is 21.7. The summed E-state index contributed by atoms with van der Waals surface area (Å²) in [5.74, 6) is -0.886. The van der Waals surface area contributed by atoms with Crippen LogP contribution in [0.2, 0.25) is 0 Å². The number of nitrogens with one attached hydrogen (secondary N) is 1. The van der Waals surface area contributed by atoms with E-state index in [0.29, 0.717) is 17.7 Å². The molecule has 1 aromatic carbocycles. The highest BCUT2D eigenvalue weighted by Crippen LogP contribution is 2.34. The number of hydrogen-bond acceptors (Lipinski definition) is 7. The topological polar surface area (TPSA) is 90.2 Å². The van der Waals surface area contributed by atoms with Crippen molar-refractivity contribution in [2.75, 3.05) is 46.6 Å². The van der Waals surface area contributed by atoms with Crippen molar-refractivity contribution in [2.24, 2.45) is 0 Å². The highest BCUT2D eigenvalue weighted by atomic mass is 16.5. The minimum Gasteiger partial charge on any atom is -0.450 e. The highest BCUT2D eigenvalue weighted by molar-refractivity contribution is 5.96. The molecule has 1 aromatic heterocycles. The normalized spacial score (nSPS) is 19.0. The number of ether oxygens (including phenoxy) is 3. The van der Waals surface area contributed by atoms with Crippen molar-refractivity contribution in [3.05, 3.63) is 35.6 Å². The highest BCUT2D eigenvalue weighted by Gasteiger charge is 2.38. The molecular formula is C24H32N2O6. The number of fused-ring (bicyclic) bond motifs is 1. The largest absolute Gasteiger partial charge is 0.450 e. The van der Waals surface area contributed by atoms with Crippen LogP contribution in [0.5, 0.6) is 0 Å². The van der Waals surface area contributed by atoms with Gasteiger partial charge in [0.05, 0.1) is 19.8 Å². The Kier molecular flexibility index (Phi) is 7.44. The first-order valence-electron chi connectivity index (χ1n) is 11.4. The van der Waals surface area contributed by atoms with E-state index in [1.165, 1.54) is 6.42 Å². The third-order valence-electron chi connectivity index (χ3n) is 6.59. The number of carbonyl (C=O) groups is 2. The van der Waals surface area contributed by atoms with Gasteiger partial charge in [-0.1, -0.05) is 37.5 Å². The first-order valence-corrected chi connectivity index (χ1v) is 11.4. The molecule has 2 aliphatic rings. The summed E-state index contributed by atoms with van der Waals surface area (Å²) in [7, 11) is 1.56. The second-order valence-electron chi connectivity index (χ2n) is 8.58. The third kappa shape index (κ3) is 4.98. The SMILES string of the molecule is COCc1c(C(=O)OCC(=O)NCC2(N3CCOCC3)CCCCC2)oc2ccccc12. The average Bonchev–Trinajstić information content (AvgIpc) is 3.21. The van der Waals surface area contributed by atoms with E-state index in [4.69, 9.17) is 18.6 Å². The molecule has 0 spiro atoms. The van der Waals surface area contributed by atoms with E-state index in [1.807, 2.05) is 18.2 Å². The molecule has 1 amide bonds. The Balaban J connectivity index is 1.36. The average molecular weight is 445 g/mol. The van der Waals surface area contributed by atoms with Gasteiger partial charge in [0, 0.05) is 43.2 Å². The molecule has 174 valence electrons. The summed E-state index contributed by atoms with van der Waals surface area (Å²) >= 11 is 0. The van der Waals surface area contributed by atoms with Crippen LogP contribution in [0.3, 0.4) is 0 Å². The van der Waals surface area contributed by atoms with Gasteiger partial charge in [0.1, 0.15) is 5.58 Å². The summed E-state index contributed by atoms with van der Waals surface area (Å²) in [5, 5.41) is 3.81. The smallest absolute Gasteiger partial charge is 0.375 e. The second kappa shape index (κ2) is 10.5. The molecule has 2 heterocycles. The van der Waals surface area contributed by atoms with Crippen LogP contribution in [0.4, 0.5) is 0 Å². The van der Waals surface area contributed by atoms with E-state index < -0.39 is 5.97 Å². The summed E-state index contributed by atoms with van der Waals surface area (Å²) in [6.45, 7) is 3.67. The van der Waals surface area contributed by atoms with Gasteiger partial charge in [0.25, 0.3) is 5.91 Å². The maximum absolute atomic E-state index is 12.7. The fourth-order valence-corrected chi connectivity index (χ4v) is 4.91. The number of carbonyl (C=O) groups excluding carboxylic acids is 2. The van der Waals surface area contributed by atoms with Gasteiger partial charge in [0.2, 0.25) is 5.76 Å². The number of hydrogen-bond donors (Lipinski definition) is 1. The summed E-state index contributed by atoms with van der Waals surface area (Å²) in [5.41, 5.74) is 1.18. The van der Waals surface area contributed by atoms with Crippen LogP contribution in [-0.4, -0.2) is 68.9 Å². The summed E-state index contributed by atoms with van der Waals surface area (Å²) in [6.07, 6.45) is 5.69. The standard InChI is InChI=1S/C24H32N2O6/c1-29-15-19-18-7-3-4-8-20(18)32-22(19)23(28)31-16-21(27)25-17-24(9-5-2-6-10-24)26-11-13-30-14-12-26/h3-4,7-8H,2,5-6,9-17H2,1H3,(H,25,27). The van der Waals surface area contributed by atoms with Crippen molar-refractivity contribution < 1.29 is 28.2 Å². The molecule has 2 aromatic rings. The predicted molar refractivity (Wildman–Crippen MR) is 118 cm³/mol. The molecule has 1 N–H and O–H groups in total. The van der Waals surface area contributed by atoms with Gasteiger partial charge in [-0.2, -0.15) is 0 Å². The maximum atomic E-state index is 12.7. The number of furan rings is 1. The van der Waals surface area contributed by atoms with Gasteiger partial charge in [0.15, 0.2) is 6.61 Å². The Morgan fingerprint density at radius 2 is 1.88 bits per heavy atom. The van der Waals surface area contributed by atoms with Crippen molar-refractivity contribution in [1.82, 2.24) is 10.2 Å². The fourth-order valence-electron chi connectivity index (χ4n) is 4.91. The van der Waals surface area contributed by atoms with E-state index in [1.54, 1.807) is 13.2 Å². The molecule has 32 heavy (non-hydrogen) atoms. The number of benzene rings is 1. The zero-order valence-corrected chi connectivity index (χ0v) is 18.7. The van der Waals surface area contributed by atoms with E-state index in [9.17, 15) is 9.59 Å². The zero-order chi connectivity index (χ0) is 22.4. The molecule has 8 heteroatoms. The molecule has 2 fully saturated rings. The van der Waals surface area contributed by atoms with E-state index in [2.05, 4.69) is 10.2 Å². The van der Waals surface area contributed by atoms with Crippen LogP contribution in [-0.2, 0) is 25.6 Å². The minimum absolute atomic E-state index is 0.0356. The molecule has 4 rings (SSSR count). The van der Waals surface area contributed by atoms with Crippen molar-refractivity contribution >= 4 is 22.8 Å². The molecular weight excluding hydrogens is 412 g/mol. The molecule has 8 nitrogen and oxygen atoms in total. The molecule has 1 aliphatic heterocycles. The Bertz CT molecular complexity index is 928. The number of esters is 1. The number of nitrogens with zero attached hydrogens (tertiary/aromatic N) is 1. The fraction of sp³-hybridized carbons (Fsp3) is 0.583. The quantitative estimate of drug-likeness (QED) is 0.626. The number of para-hydroxylation sites is 1. The molecule has 0 unspecified atom stereocenters. The van der Waals surface area contributed by atoms with Gasteiger partial charge in [-0.3, -0.25) is 9.69 Å². The lowest BCUT2D eigenvalue weighted by Crippen LogP contribution is -2.59. The van der Waals surface area contributed by atoms with E-state index in [0.717, 1.165) is 57.4 Å². The van der Waals surface area contributed by atoms with Crippen LogP contribution < -0.4 is 5.32 Å². The molecule has 0 atom stereocenters. The Hall–Kier alpha value is -2.42. The van der Waals surface area contributed by atoms with Gasteiger partial charge >= 0.3 is 5.97 Å². The number of morpholine rings is 1. The van der Waals surface area contributed by atoms with Crippen LogP contribution in [0.1, 0.15) is 48.2 Å². The number of methoxy groups -OCH3 is 1. The summed E-state index contributed by atoms with van der Waals surface area (Å²) in [6, 6.07) is 7.36. The zero-order valence-electron chi connectivity index (χ0n) is 18.7. The van der Waals surface area contributed by atoms with Gasteiger partial charge in [-0.15, -0.1) is 0 Å². The lowest BCUT2D eigenvalue weighted by molar-refractivity contribution is -0.125. The Morgan fingerprint density at radius 3 is 2.62 bits per heavy atom. The lowest BCUT2D eigenvalue weighted by Gasteiger charge is -2.48.